The van der Waals surface area contributed by atoms with Crippen LogP contribution < -0.4 is 5.32 Å². The highest BCUT2D eigenvalue weighted by atomic mass is 16.8. The summed E-state index contributed by atoms with van der Waals surface area (Å²) in [5.74, 6) is -0.369. The number of hydrogen-bond acceptors (Lipinski definition) is 11. The van der Waals surface area contributed by atoms with Gasteiger partial charge >= 0.3 is 0 Å². The zero-order valence-corrected chi connectivity index (χ0v) is 31.0. The predicted octanol–water partition coefficient (Wildman–Crippen LogP) is 4.84. The minimum Gasteiger partial charge on any atom is -0.388 e. The summed E-state index contributed by atoms with van der Waals surface area (Å²) >= 11 is 0. The fraction of sp³-hybridized carbons (Fsp3) is 0.419. The number of ether oxygens (including phenoxy) is 9. The van der Waals surface area contributed by atoms with Gasteiger partial charge in [0, 0.05) is 19.6 Å². The average Bonchev–Trinajstić information content (AvgIpc) is 3.22. The van der Waals surface area contributed by atoms with Crippen molar-refractivity contribution in [3.8, 4) is 0 Å². The van der Waals surface area contributed by atoms with E-state index in [9.17, 15) is 9.90 Å². The second-order valence-corrected chi connectivity index (χ2v) is 13.8. The Morgan fingerprint density at radius 3 is 1.85 bits per heavy atom. The monoisotopic (exact) mass is 755 g/mol. The molecule has 292 valence electrons. The van der Waals surface area contributed by atoms with Crippen LogP contribution in [0.2, 0.25) is 0 Å². The minimum absolute atomic E-state index is 0.0382. The highest BCUT2D eigenvalue weighted by Gasteiger charge is 2.55. The molecule has 0 radical (unpaired) electrons. The smallest absolute Gasteiger partial charge is 0.217 e. The van der Waals surface area contributed by atoms with Gasteiger partial charge in [-0.3, -0.25) is 4.79 Å². The number of carbonyl (C=O) groups is 1. The molecular weight excluding hydrogens is 706 g/mol. The molecule has 3 aliphatic heterocycles. The largest absolute Gasteiger partial charge is 0.388 e. The van der Waals surface area contributed by atoms with Crippen LogP contribution in [0.3, 0.4) is 0 Å². The van der Waals surface area contributed by atoms with Gasteiger partial charge in [-0.1, -0.05) is 121 Å². The topological polar surface area (TPSA) is 132 Å². The molecule has 1 unspecified atom stereocenters. The maximum Gasteiger partial charge on any atom is 0.217 e. The minimum atomic E-state index is -1.30. The fourth-order valence-corrected chi connectivity index (χ4v) is 7.17. The number of benzene rings is 4. The lowest BCUT2D eigenvalue weighted by atomic mass is 9.94. The van der Waals surface area contributed by atoms with Crippen molar-refractivity contribution in [1.29, 1.82) is 0 Å². The first-order valence-electron chi connectivity index (χ1n) is 18.7. The Kier molecular flexibility index (Phi) is 13.7. The SMILES string of the molecule is CO[C@H]1O[C@H](COCc2ccccc2)[C@@H](O[C@@H]2O[C@@H]3COC(c4ccccc4)O[C@H]3[C@H](OCc3ccccc3)[C@@H]2OCc2ccccc2)[C@H](O)[C@H]1NC(C)=O. The van der Waals surface area contributed by atoms with Crippen molar-refractivity contribution in [2.45, 2.75) is 94.4 Å². The second kappa shape index (κ2) is 19.2. The highest BCUT2D eigenvalue weighted by Crippen LogP contribution is 2.39. The molecule has 0 spiro atoms. The molecule has 3 fully saturated rings. The van der Waals surface area contributed by atoms with Gasteiger partial charge in [0.25, 0.3) is 0 Å². The number of methoxy groups -OCH3 is 1. The van der Waals surface area contributed by atoms with Crippen molar-refractivity contribution in [1.82, 2.24) is 5.32 Å². The Labute approximate surface area is 321 Å². The summed E-state index contributed by atoms with van der Waals surface area (Å²) in [5.41, 5.74) is 3.73. The molecule has 0 aliphatic carbocycles. The maximum atomic E-state index is 12.3. The van der Waals surface area contributed by atoms with Gasteiger partial charge in [0.15, 0.2) is 18.9 Å². The summed E-state index contributed by atoms with van der Waals surface area (Å²) in [4.78, 5) is 12.3. The molecule has 55 heavy (non-hydrogen) atoms. The zero-order chi connectivity index (χ0) is 38.0. The van der Waals surface area contributed by atoms with E-state index in [0.717, 1.165) is 22.3 Å². The molecule has 12 heteroatoms. The fourth-order valence-electron chi connectivity index (χ4n) is 7.17. The molecule has 3 heterocycles. The van der Waals surface area contributed by atoms with E-state index in [1.165, 1.54) is 14.0 Å². The van der Waals surface area contributed by atoms with Gasteiger partial charge in [-0.15, -0.1) is 0 Å². The van der Waals surface area contributed by atoms with E-state index in [0.29, 0.717) is 6.61 Å². The molecule has 1 amide bonds. The van der Waals surface area contributed by atoms with Gasteiger partial charge < -0.3 is 53.1 Å². The summed E-state index contributed by atoms with van der Waals surface area (Å²) in [5, 5.41) is 14.7. The van der Waals surface area contributed by atoms with Crippen LogP contribution in [0.1, 0.15) is 35.5 Å². The van der Waals surface area contributed by atoms with Crippen LogP contribution in [-0.4, -0.2) is 92.7 Å². The first-order chi connectivity index (χ1) is 27.0. The van der Waals surface area contributed by atoms with Crippen molar-refractivity contribution < 1.29 is 52.5 Å². The Bertz CT molecular complexity index is 1740. The second-order valence-electron chi connectivity index (χ2n) is 13.8. The number of carbonyl (C=O) groups excluding carboxylic acids is 1. The van der Waals surface area contributed by atoms with E-state index in [4.69, 9.17) is 42.6 Å². The summed E-state index contributed by atoms with van der Waals surface area (Å²) < 4.78 is 57.9. The maximum absolute atomic E-state index is 12.3. The molecule has 12 nitrogen and oxygen atoms in total. The number of nitrogens with one attached hydrogen (secondary N) is 1. The lowest BCUT2D eigenvalue weighted by Gasteiger charge is -2.51. The lowest BCUT2D eigenvalue weighted by molar-refractivity contribution is -0.390. The third-order valence-corrected chi connectivity index (χ3v) is 9.89. The van der Waals surface area contributed by atoms with Gasteiger partial charge in [0.1, 0.15) is 48.8 Å². The van der Waals surface area contributed by atoms with Crippen LogP contribution in [0, 0.1) is 0 Å². The van der Waals surface area contributed by atoms with Crippen molar-refractivity contribution in [2.24, 2.45) is 0 Å². The van der Waals surface area contributed by atoms with E-state index in [-0.39, 0.29) is 32.3 Å². The molecule has 0 bridgehead atoms. The number of fused-ring (bicyclic) bond motifs is 1. The van der Waals surface area contributed by atoms with Crippen molar-refractivity contribution >= 4 is 5.91 Å². The average molecular weight is 756 g/mol. The lowest BCUT2D eigenvalue weighted by Crippen LogP contribution is -2.68. The third-order valence-electron chi connectivity index (χ3n) is 9.89. The van der Waals surface area contributed by atoms with Crippen LogP contribution in [-0.2, 0) is 67.2 Å². The summed E-state index contributed by atoms with van der Waals surface area (Å²) in [6.07, 6.45) is -8.78. The number of amides is 1. The predicted molar refractivity (Wildman–Crippen MR) is 199 cm³/mol. The number of aliphatic hydroxyl groups is 1. The molecule has 2 N–H and O–H groups in total. The van der Waals surface area contributed by atoms with Crippen molar-refractivity contribution in [2.75, 3.05) is 20.3 Å². The van der Waals surface area contributed by atoms with Crippen LogP contribution in [0.25, 0.3) is 0 Å². The first-order valence-corrected chi connectivity index (χ1v) is 18.7. The third kappa shape index (κ3) is 10.0. The molecule has 3 saturated heterocycles. The van der Waals surface area contributed by atoms with E-state index >= 15 is 0 Å². The van der Waals surface area contributed by atoms with Gasteiger partial charge in [-0.25, -0.2) is 0 Å². The van der Waals surface area contributed by atoms with Crippen LogP contribution in [0.4, 0.5) is 0 Å². The van der Waals surface area contributed by atoms with Crippen molar-refractivity contribution in [3.05, 3.63) is 144 Å². The van der Waals surface area contributed by atoms with E-state index in [1.807, 2.05) is 121 Å². The van der Waals surface area contributed by atoms with E-state index < -0.39 is 67.6 Å². The summed E-state index contributed by atoms with van der Waals surface area (Å²) in [7, 11) is 1.45. The Morgan fingerprint density at radius 1 is 0.709 bits per heavy atom. The quantitative estimate of drug-likeness (QED) is 0.173. The van der Waals surface area contributed by atoms with Gasteiger partial charge in [0.2, 0.25) is 5.91 Å². The molecule has 11 atom stereocenters. The molecule has 7 rings (SSSR count). The van der Waals surface area contributed by atoms with Gasteiger partial charge in [-0.2, -0.15) is 0 Å². The Hall–Kier alpha value is -4.05. The van der Waals surface area contributed by atoms with E-state index in [1.54, 1.807) is 0 Å². The number of hydrogen-bond donors (Lipinski definition) is 2. The van der Waals surface area contributed by atoms with Crippen molar-refractivity contribution in [3.63, 3.8) is 0 Å². The Morgan fingerprint density at radius 2 is 1.27 bits per heavy atom. The first kappa shape index (κ1) is 39.2. The molecular formula is C43H49NO11. The number of rotatable bonds is 15. The van der Waals surface area contributed by atoms with Gasteiger partial charge in [0.05, 0.1) is 33.0 Å². The highest BCUT2D eigenvalue weighted by molar-refractivity contribution is 5.73. The standard InChI is InChI=1S/C43H49NO11/c1-28(45)44-35-36(46)37(33(52-42(35)47-2)26-48-23-29-15-7-3-8-16-29)54-43-40(50-25-31-19-11-5-12-20-31)39(49-24-30-17-9-4-10-18-30)38-34(53-43)27-51-41(55-38)32-21-13-6-14-22-32/h3-22,33-43,46H,23-27H2,1-2H3,(H,44,45)/t33-,34-,35-,36-,37-,38-,39+,40+,41?,42+,43+/m1/s1. The number of aliphatic hydroxyl groups excluding tert-OH is 1. The van der Waals surface area contributed by atoms with Crippen LogP contribution in [0.5, 0.6) is 0 Å². The van der Waals surface area contributed by atoms with Gasteiger partial charge in [-0.05, 0) is 16.7 Å². The van der Waals surface area contributed by atoms with Crippen LogP contribution >= 0.6 is 0 Å². The summed E-state index contributed by atoms with van der Waals surface area (Å²) in [6, 6.07) is 38.1. The molecule has 0 saturated carbocycles. The van der Waals surface area contributed by atoms with Crippen LogP contribution in [0.15, 0.2) is 121 Å². The normalized spacial score (nSPS) is 30.6. The molecule has 3 aliphatic rings. The van der Waals surface area contributed by atoms with E-state index in [2.05, 4.69) is 5.32 Å². The molecule has 4 aromatic carbocycles. The Balaban J connectivity index is 1.20. The molecule has 0 aromatic heterocycles. The zero-order valence-electron chi connectivity index (χ0n) is 31.0. The molecule has 4 aromatic rings. The summed E-state index contributed by atoms with van der Waals surface area (Å²) in [6.45, 7) is 2.35.